The molecule has 0 unspecified atom stereocenters. The number of amides is 1. The summed E-state index contributed by atoms with van der Waals surface area (Å²) in [6.07, 6.45) is 4.85. The van der Waals surface area contributed by atoms with Crippen molar-refractivity contribution >= 4 is 16.7 Å². The zero-order valence-electron chi connectivity index (χ0n) is 16.3. The van der Waals surface area contributed by atoms with Gasteiger partial charge in [0.05, 0.1) is 18.8 Å². The summed E-state index contributed by atoms with van der Waals surface area (Å²) in [5.41, 5.74) is 1.56. The first-order valence-electron chi connectivity index (χ1n) is 10.0. The van der Waals surface area contributed by atoms with Crippen LogP contribution < -0.4 is 0 Å². The molecule has 6 heteroatoms. The van der Waals surface area contributed by atoms with E-state index in [1.165, 1.54) is 10.8 Å². The maximum atomic E-state index is 12.9. The van der Waals surface area contributed by atoms with E-state index in [9.17, 15) is 4.79 Å². The van der Waals surface area contributed by atoms with Gasteiger partial charge >= 0.3 is 0 Å². The molecule has 0 aliphatic carbocycles. The van der Waals surface area contributed by atoms with Gasteiger partial charge in [0.1, 0.15) is 0 Å². The van der Waals surface area contributed by atoms with E-state index in [1.54, 1.807) is 10.9 Å². The van der Waals surface area contributed by atoms with Crippen molar-refractivity contribution in [1.82, 2.24) is 19.9 Å². The van der Waals surface area contributed by atoms with Gasteiger partial charge in [-0.25, -0.2) is 4.68 Å². The van der Waals surface area contributed by atoms with Crippen molar-refractivity contribution in [2.45, 2.75) is 38.8 Å². The number of ether oxygens (including phenoxy) is 1. The first-order valence-corrected chi connectivity index (χ1v) is 10.0. The van der Waals surface area contributed by atoms with Crippen molar-refractivity contribution in [3.05, 3.63) is 59.9 Å². The van der Waals surface area contributed by atoms with E-state index in [0.717, 1.165) is 38.0 Å². The fraction of sp³-hybridized carbons (Fsp3) is 0.409. The Hall–Kier alpha value is -2.73. The van der Waals surface area contributed by atoms with Crippen molar-refractivity contribution in [2.24, 2.45) is 0 Å². The molecule has 0 N–H and O–H groups in total. The fourth-order valence-corrected chi connectivity index (χ4v) is 3.78. The maximum Gasteiger partial charge on any atom is 0.276 e. The van der Waals surface area contributed by atoms with E-state index in [1.807, 2.05) is 23.1 Å². The lowest BCUT2D eigenvalue weighted by Gasteiger charge is -2.32. The Kier molecular flexibility index (Phi) is 5.67. The number of benzene rings is 2. The number of hydrogen-bond acceptors (Lipinski definition) is 4. The third kappa shape index (κ3) is 4.07. The molecular formula is C22H26N4O2. The summed E-state index contributed by atoms with van der Waals surface area (Å²) in [5.74, 6) is -0.0611. The van der Waals surface area contributed by atoms with E-state index in [-0.39, 0.29) is 12.0 Å². The molecule has 1 aromatic heterocycles. The summed E-state index contributed by atoms with van der Waals surface area (Å²) in [7, 11) is 0. The van der Waals surface area contributed by atoms with Crippen molar-refractivity contribution in [1.29, 1.82) is 0 Å². The summed E-state index contributed by atoms with van der Waals surface area (Å²) in [4.78, 5) is 14.7. The molecule has 4 rings (SSSR count). The number of fused-ring (bicyclic) bond motifs is 1. The minimum Gasteiger partial charge on any atom is -0.376 e. The molecule has 1 amide bonds. The van der Waals surface area contributed by atoms with E-state index >= 15 is 0 Å². The summed E-state index contributed by atoms with van der Waals surface area (Å²) in [5, 5.41) is 10.7. The third-order valence-electron chi connectivity index (χ3n) is 5.19. The molecule has 0 bridgehead atoms. The summed E-state index contributed by atoms with van der Waals surface area (Å²) in [6, 6.07) is 14.5. The Morgan fingerprint density at radius 3 is 2.96 bits per heavy atom. The molecule has 6 nitrogen and oxygen atoms in total. The predicted molar refractivity (Wildman–Crippen MR) is 108 cm³/mol. The van der Waals surface area contributed by atoms with E-state index in [2.05, 4.69) is 41.5 Å². The molecule has 2 heterocycles. The zero-order valence-corrected chi connectivity index (χ0v) is 16.3. The van der Waals surface area contributed by atoms with Crippen LogP contribution in [0.4, 0.5) is 0 Å². The molecule has 0 radical (unpaired) electrons. The van der Waals surface area contributed by atoms with Gasteiger partial charge in [-0.05, 0) is 35.6 Å². The van der Waals surface area contributed by atoms with Crippen LogP contribution in [0.5, 0.6) is 0 Å². The lowest BCUT2D eigenvalue weighted by molar-refractivity contribution is 0.00192. The molecule has 146 valence electrons. The van der Waals surface area contributed by atoms with Crippen LogP contribution in [0.1, 0.15) is 42.2 Å². The molecule has 3 aromatic rings. The normalized spacial score (nSPS) is 17.2. The molecule has 1 fully saturated rings. The highest BCUT2D eigenvalue weighted by Gasteiger charge is 2.26. The SMILES string of the molecule is CCCO[C@H]1CCCN(C(=O)c2cn(Cc3cccc4ccccc34)nn2)C1. The maximum absolute atomic E-state index is 12.9. The highest BCUT2D eigenvalue weighted by Crippen LogP contribution is 2.20. The van der Waals surface area contributed by atoms with Gasteiger partial charge in [0.25, 0.3) is 5.91 Å². The number of likely N-dealkylation sites (tertiary alicyclic amines) is 1. The van der Waals surface area contributed by atoms with Crippen molar-refractivity contribution in [3.8, 4) is 0 Å². The standard InChI is InChI=1S/C22H26N4O2/c1-2-13-28-19-10-6-12-25(15-19)22(27)21-16-26(24-23-21)14-18-9-5-8-17-7-3-4-11-20(17)18/h3-5,7-9,11,16,19H,2,6,10,12-15H2,1H3/t19-/m0/s1. The molecule has 1 atom stereocenters. The van der Waals surface area contributed by atoms with Crippen LogP contribution in [0.15, 0.2) is 48.7 Å². The number of carbonyl (C=O) groups excluding carboxylic acids is 1. The molecule has 1 saturated heterocycles. The summed E-state index contributed by atoms with van der Waals surface area (Å²) in [6.45, 7) is 4.81. The third-order valence-corrected chi connectivity index (χ3v) is 5.19. The van der Waals surface area contributed by atoms with Gasteiger partial charge in [-0.2, -0.15) is 0 Å². The summed E-state index contributed by atoms with van der Waals surface area (Å²) < 4.78 is 7.58. The van der Waals surface area contributed by atoms with Gasteiger partial charge in [-0.1, -0.05) is 54.6 Å². The van der Waals surface area contributed by atoms with Crippen molar-refractivity contribution < 1.29 is 9.53 Å². The van der Waals surface area contributed by atoms with Crippen LogP contribution in [-0.2, 0) is 11.3 Å². The second-order valence-electron chi connectivity index (χ2n) is 7.33. The number of piperidine rings is 1. The Morgan fingerprint density at radius 1 is 1.21 bits per heavy atom. The Balaban J connectivity index is 1.46. The predicted octanol–water partition coefficient (Wildman–Crippen LogP) is 3.51. The molecule has 28 heavy (non-hydrogen) atoms. The number of aromatic nitrogens is 3. The van der Waals surface area contributed by atoms with Crippen molar-refractivity contribution in [3.63, 3.8) is 0 Å². The quantitative estimate of drug-likeness (QED) is 0.659. The molecule has 1 aliphatic heterocycles. The molecule has 0 spiro atoms. The highest BCUT2D eigenvalue weighted by atomic mass is 16.5. The van der Waals surface area contributed by atoms with Crippen LogP contribution in [0.2, 0.25) is 0 Å². The van der Waals surface area contributed by atoms with Crippen molar-refractivity contribution in [2.75, 3.05) is 19.7 Å². The van der Waals surface area contributed by atoms with Crippen LogP contribution in [0.25, 0.3) is 10.8 Å². The Morgan fingerprint density at radius 2 is 2.07 bits per heavy atom. The van der Waals surface area contributed by atoms with Gasteiger partial charge in [-0.3, -0.25) is 4.79 Å². The van der Waals surface area contributed by atoms with E-state index in [4.69, 9.17) is 4.74 Å². The molecule has 2 aromatic carbocycles. The minimum absolute atomic E-state index is 0.0611. The first kappa shape index (κ1) is 18.6. The number of carbonyl (C=O) groups is 1. The Labute approximate surface area is 165 Å². The van der Waals surface area contributed by atoms with Gasteiger partial charge in [0.2, 0.25) is 0 Å². The molecule has 0 saturated carbocycles. The average Bonchev–Trinajstić information content (AvgIpc) is 3.21. The van der Waals surface area contributed by atoms with Gasteiger partial charge in [-0.15, -0.1) is 5.10 Å². The number of hydrogen-bond donors (Lipinski definition) is 0. The van der Waals surface area contributed by atoms with Gasteiger partial charge in [0, 0.05) is 19.7 Å². The fourth-order valence-electron chi connectivity index (χ4n) is 3.78. The summed E-state index contributed by atoms with van der Waals surface area (Å²) >= 11 is 0. The smallest absolute Gasteiger partial charge is 0.276 e. The van der Waals surface area contributed by atoms with Crippen LogP contribution in [0.3, 0.4) is 0 Å². The molecule has 1 aliphatic rings. The topological polar surface area (TPSA) is 60.2 Å². The monoisotopic (exact) mass is 378 g/mol. The number of rotatable bonds is 6. The van der Waals surface area contributed by atoms with Crippen LogP contribution in [0, 0.1) is 0 Å². The highest BCUT2D eigenvalue weighted by molar-refractivity contribution is 5.92. The first-order chi connectivity index (χ1) is 13.7. The van der Waals surface area contributed by atoms with Crippen LogP contribution in [-0.4, -0.2) is 51.6 Å². The number of nitrogens with zero attached hydrogens (tertiary/aromatic N) is 4. The second-order valence-corrected chi connectivity index (χ2v) is 7.33. The zero-order chi connectivity index (χ0) is 19.3. The van der Waals surface area contributed by atoms with E-state index < -0.39 is 0 Å². The van der Waals surface area contributed by atoms with E-state index in [0.29, 0.717) is 18.8 Å². The lowest BCUT2D eigenvalue weighted by Crippen LogP contribution is -2.43. The molecular weight excluding hydrogens is 352 g/mol. The van der Waals surface area contributed by atoms with Gasteiger partial charge in [0.15, 0.2) is 5.69 Å². The lowest BCUT2D eigenvalue weighted by atomic mass is 10.0. The second kappa shape index (κ2) is 8.52. The average molecular weight is 378 g/mol. The minimum atomic E-state index is -0.0611. The Bertz CT molecular complexity index is 947. The largest absolute Gasteiger partial charge is 0.376 e. The van der Waals surface area contributed by atoms with Crippen LogP contribution >= 0.6 is 0 Å². The van der Waals surface area contributed by atoms with Gasteiger partial charge < -0.3 is 9.64 Å².